The van der Waals surface area contributed by atoms with E-state index in [4.69, 9.17) is 19.4 Å². The lowest BCUT2D eigenvalue weighted by Gasteiger charge is -2.13. The lowest BCUT2D eigenvalue weighted by Crippen LogP contribution is -1.98. The fourth-order valence-electron chi connectivity index (χ4n) is 4.69. The Morgan fingerprint density at radius 1 is 0.541 bits per heavy atom. The topological polar surface area (TPSA) is 44.2 Å². The maximum Gasteiger partial charge on any atom is 0.119 e. The Kier molecular flexibility index (Phi) is 5.93. The Hall–Kier alpha value is -4.44. The van der Waals surface area contributed by atoms with Crippen molar-refractivity contribution in [2.75, 3.05) is 0 Å². The molecule has 4 heteroatoms. The fourth-order valence-corrected chi connectivity index (χ4v) is 4.69. The van der Waals surface area contributed by atoms with Gasteiger partial charge < -0.3 is 9.47 Å². The quantitative estimate of drug-likeness (QED) is 0.225. The number of aryl methyl sites for hydroxylation is 3. The van der Waals surface area contributed by atoms with Crippen LogP contribution in [0.5, 0.6) is 11.5 Å². The van der Waals surface area contributed by atoms with E-state index in [0.29, 0.717) is 13.2 Å². The molecule has 6 rings (SSSR count). The molecular weight excluding hydrogens is 456 g/mol. The van der Waals surface area contributed by atoms with Crippen LogP contribution in [0.25, 0.3) is 32.6 Å². The van der Waals surface area contributed by atoms with Crippen molar-refractivity contribution >= 4 is 32.6 Å². The van der Waals surface area contributed by atoms with Crippen molar-refractivity contribution in [3.8, 4) is 11.5 Å². The molecule has 0 N–H and O–H groups in total. The summed E-state index contributed by atoms with van der Waals surface area (Å²) in [6.45, 7) is 7.12. The first kappa shape index (κ1) is 23.0. The van der Waals surface area contributed by atoms with Gasteiger partial charge in [-0.15, -0.1) is 0 Å². The number of rotatable bonds is 6. The Balaban J connectivity index is 1.39. The SMILES string of the molecule is Cc1ccc(OCc2ccc3c4ccc(COc5ccc(C)cc5)cc4c4nc(C)cnc4c3c2)cc1. The number of fused-ring (bicyclic) bond motifs is 6. The molecule has 0 atom stereocenters. The summed E-state index contributed by atoms with van der Waals surface area (Å²) in [6, 6.07) is 29.3. The average Bonchev–Trinajstić information content (AvgIpc) is 2.92. The zero-order valence-electron chi connectivity index (χ0n) is 21.3. The monoisotopic (exact) mass is 484 g/mol. The summed E-state index contributed by atoms with van der Waals surface area (Å²) in [4.78, 5) is 9.74. The third-order valence-corrected chi connectivity index (χ3v) is 6.71. The van der Waals surface area contributed by atoms with Crippen molar-refractivity contribution in [1.29, 1.82) is 0 Å². The van der Waals surface area contributed by atoms with E-state index < -0.39 is 0 Å². The van der Waals surface area contributed by atoms with Crippen molar-refractivity contribution in [3.05, 3.63) is 119 Å². The molecule has 0 saturated heterocycles. The van der Waals surface area contributed by atoms with Crippen LogP contribution in [0, 0.1) is 20.8 Å². The second-order valence-electron chi connectivity index (χ2n) is 9.67. The average molecular weight is 485 g/mol. The van der Waals surface area contributed by atoms with Crippen molar-refractivity contribution in [2.24, 2.45) is 0 Å². The van der Waals surface area contributed by atoms with E-state index in [9.17, 15) is 0 Å². The Morgan fingerprint density at radius 3 is 1.54 bits per heavy atom. The normalized spacial score (nSPS) is 11.3. The second kappa shape index (κ2) is 9.55. The van der Waals surface area contributed by atoms with Crippen LogP contribution in [0.15, 0.2) is 91.1 Å². The molecule has 4 nitrogen and oxygen atoms in total. The minimum Gasteiger partial charge on any atom is -0.489 e. The molecular formula is C33H28N2O2. The number of hydrogen-bond donors (Lipinski definition) is 0. The van der Waals surface area contributed by atoms with Gasteiger partial charge in [-0.2, -0.15) is 0 Å². The first-order valence-corrected chi connectivity index (χ1v) is 12.5. The molecule has 0 saturated carbocycles. The van der Waals surface area contributed by atoms with Crippen LogP contribution in [-0.2, 0) is 13.2 Å². The van der Waals surface area contributed by atoms with E-state index in [0.717, 1.165) is 60.9 Å². The fraction of sp³-hybridized carbons (Fsp3) is 0.152. The number of benzene rings is 5. The predicted octanol–water partition coefficient (Wildman–Crippen LogP) is 8.02. The Bertz CT molecular complexity index is 1740. The summed E-state index contributed by atoms with van der Waals surface area (Å²) >= 11 is 0. The van der Waals surface area contributed by atoms with Gasteiger partial charge in [-0.1, -0.05) is 59.7 Å². The molecule has 0 radical (unpaired) electrons. The molecule has 182 valence electrons. The molecule has 5 aromatic carbocycles. The van der Waals surface area contributed by atoms with E-state index in [2.05, 4.69) is 74.5 Å². The van der Waals surface area contributed by atoms with Crippen LogP contribution in [-0.4, -0.2) is 9.97 Å². The molecule has 0 bridgehead atoms. The van der Waals surface area contributed by atoms with Gasteiger partial charge in [0.25, 0.3) is 0 Å². The molecule has 1 aromatic heterocycles. The standard InChI is InChI=1S/C33H28N2O2/c1-21-4-10-26(11-5-21)36-19-24-8-14-28-29-15-9-25(20-37-27-12-6-22(2)7-13-27)17-31(29)33-32(30(28)16-24)34-18-23(3)35-33/h4-18H,19-20H2,1-3H3. The number of aromatic nitrogens is 2. The van der Waals surface area contributed by atoms with Crippen molar-refractivity contribution < 1.29 is 9.47 Å². The highest BCUT2D eigenvalue weighted by atomic mass is 16.5. The largest absolute Gasteiger partial charge is 0.489 e. The summed E-state index contributed by atoms with van der Waals surface area (Å²) in [5.74, 6) is 1.73. The van der Waals surface area contributed by atoms with Gasteiger partial charge >= 0.3 is 0 Å². The van der Waals surface area contributed by atoms with Gasteiger partial charge in [0.1, 0.15) is 24.7 Å². The second-order valence-corrected chi connectivity index (χ2v) is 9.67. The molecule has 0 aliphatic heterocycles. The zero-order chi connectivity index (χ0) is 25.4. The van der Waals surface area contributed by atoms with E-state index in [1.807, 2.05) is 37.4 Å². The Morgan fingerprint density at radius 2 is 1.03 bits per heavy atom. The van der Waals surface area contributed by atoms with Gasteiger partial charge in [0.15, 0.2) is 0 Å². The van der Waals surface area contributed by atoms with Gasteiger partial charge in [-0.3, -0.25) is 4.98 Å². The molecule has 0 aliphatic carbocycles. The first-order chi connectivity index (χ1) is 18.0. The van der Waals surface area contributed by atoms with E-state index in [1.54, 1.807) is 0 Å². The lowest BCUT2D eigenvalue weighted by atomic mass is 9.96. The van der Waals surface area contributed by atoms with Crippen LogP contribution in [0.3, 0.4) is 0 Å². The van der Waals surface area contributed by atoms with Gasteiger partial charge in [0, 0.05) is 17.0 Å². The maximum absolute atomic E-state index is 6.05. The third-order valence-electron chi connectivity index (χ3n) is 6.71. The molecule has 1 heterocycles. The van der Waals surface area contributed by atoms with Crippen molar-refractivity contribution in [3.63, 3.8) is 0 Å². The molecule has 6 aromatic rings. The minimum absolute atomic E-state index is 0.493. The maximum atomic E-state index is 6.05. The smallest absolute Gasteiger partial charge is 0.119 e. The first-order valence-electron chi connectivity index (χ1n) is 12.5. The van der Waals surface area contributed by atoms with E-state index in [1.165, 1.54) is 11.1 Å². The number of hydrogen-bond acceptors (Lipinski definition) is 4. The third kappa shape index (κ3) is 4.70. The molecule has 0 amide bonds. The molecule has 0 fully saturated rings. The van der Waals surface area contributed by atoms with Crippen LogP contribution in [0.1, 0.15) is 27.9 Å². The summed E-state index contributed by atoms with van der Waals surface area (Å²) in [7, 11) is 0. The van der Waals surface area contributed by atoms with Gasteiger partial charge in [-0.05, 0) is 79.1 Å². The van der Waals surface area contributed by atoms with Crippen LogP contribution < -0.4 is 9.47 Å². The summed E-state index contributed by atoms with van der Waals surface area (Å²) < 4.78 is 12.1. The number of ether oxygens (including phenoxy) is 2. The summed E-state index contributed by atoms with van der Waals surface area (Å²) in [5.41, 5.74) is 7.34. The van der Waals surface area contributed by atoms with Gasteiger partial charge in [-0.25, -0.2) is 4.98 Å². The van der Waals surface area contributed by atoms with Crippen molar-refractivity contribution in [2.45, 2.75) is 34.0 Å². The highest BCUT2D eigenvalue weighted by molar-refractivity contribution is 6.23. The Labute approximate surface area is 216 Å². The molecule has 0 spiro atoms. The lowest BCUT2D eigenvalue weighted by molar-refractivity contribution is 0.306. The van der Waals surface area contributed by atoms with Gasteiger partial charge in [0.2, 0.25) is 0 Å². The molecule has 0 aliphatic rings. The van der Waals surface area contributed by atoms with Gasteiger partial charge in [0.05, 0.1) is 16.7 Å². The van der Waals surface area contributed by atoms with Crippen molar-refractivity contribution in [1.82, 2.24) is 9.97 Å². The summed E-state index contributed by atoms with van der Waals surface area (Å²) in [6.07, 6.45) is 1.84. The van der Waals surface area contributed by atoms with Crippen LogP contribution >= 0.6 is 0 Å². The molecule has 37 heavy (non-hydrogen) atoms. The highest BCUT2D eigenvalue weighted by Crippen LogP contribution is 2.34. The summed E-state index contributed by atoms with van der Waals surface area (Å²) in [5, 5.41) is 4.49. The van der Waals surface area contributed by atoms with E-state index in [-0.39, 0.29) is 0 Å². The number of nitrogens with zero attached hydrogens (tertiary/aromatic N) is 2. The van der Waals surface area contributed by atoms with Crippen LogP contribution in [0.4, 0.5) is 0 Å². The van der Waals surface area contributed by atoms with E-state index >= 15 is 0 Å². The predicted molar refractivity (Wildman–Crippen MR) is 150 cm³/mol. The minimum atomic E-state index is 0.493. The zero-order valence-corrected chi connectivity index (χ0v) is 21.3. The highest BCUT2D eigenvalue weighted by Gasteiger charge is 2.13. The van der Waals surface area contributed by atoms with Crippen LogP contribution in [0.2, 0.25) is 0 Å². The molecule has 0 unspecified atom stereocenters.